The average molecular weight is 419 g/mol. The third-order valence-corrected chi connectivity index (χ3v) is 4.83. The predicted octanol–water partition coefficient (Wildman–Crippen LogP) is 4.24. The lowest BCUT2D eigenvalue weighted by Gasteiger charge is -2.09. The minimum atomic E-state index is -4.45. The van der Waals surface area contributed by atoms with E-state index in [1.54, 1.807) is 4.57 Å². The third kappa shape index (κ3) is 3.42. The summed E-state index contributed by atoms with van der Waals surface area (Å²) in [7, 11) is 0. The molecule has 5 nitrogen and oxygen atoms in total. The Morgan fingerprint density at radius 3 is 2.40 bits per heavy atom. The maximum atomic E-state index is 13.8. The summed E-state index contributed by atoms with van der Waals surface area (Å²) in [6, 6.07) is 8.38. The Balaban J connectivity index is 1.78. The lowest BCUT2D eigenvalue weighted by Crippen LogP contribution is -2.08. The first-order valence-electron chi connectivity index (χ1n) is 8.73. The monoisotopic (exact) mass is 419 g/mol. The molecular weight excluding hydrogens is 406 g/mol. The van der Waals surface area contributed by atoms with Gasteiger partial charge in [0, 0.05) is 29.2 Å². The zero-order chi connectivity index (χ0) is 21.6. The number of ketones is 1. The molecule has 1 fully saturated rings. The van der Waals surface area contributed by atoms with E-state index in [4.69, 9.17) is 0 Å². The molecule has 30 heavy (non-hydrogen) atoms. The van der Waals surface area contributed by atoms with Gasteiger partial charge in [-0.3, -0.25) is 4.79 Å². The van der Waals surface area contributed by atoms with E-state index in [1.807, 2.05) is 0 Å². The Bertz CT molecular complexity index is 1210. The summed E-state index contributed by atoms with van der Waals surface area (Å²) in [5, 5.41) is 10.8. The molecule has 4 rings (SSSR count). The van der Waals surface area contributed by atoms with Crippen molar-refractivity contribution in [1.29, 1.82) is 0 Å². The standard InChI is InChI=1S/C21H13F4NO4/c22-13-5-6-17-14(7-13)15(18(27)16-10-30-20(29)19(16)28)9-26(17)8-11-1-3-12(4-2-11)21(23,24)25/h1-7,9,27H,8,10H2/b18-16-. The molecule has 0 amide bonds. The van der Waals surface area contributed by atoms with Gasteiger partial charge in [0.25, 0.3) is 5.78 Å². The van der Waals surface area contributed by atoms with Gasteiger partial charge in [0.2, 0.25) is 0 Å². The van der Waals surface area contributed by atoms with E-state index >= 15 is 0 Å². The van der Waals surface area contributed by atoms with E-state index in [9.17, 15) is 32.3 Å². The number of Topliss-reactive ketones (excluding diaryl/α,β-unsaturated/α-hetero) is 1. The number of benzene rings is 2. The van der Waals surface area contributed by atoms with Crippen LogP contribution in [0.2, 0.25) is 0 Å². The van der Waals surface area contributed by atoms with Gasteiger partial charge in [0.15, 0.2) is 0 Å². The number of alkyl halides is 3. The van der Waals surface area contributed by atoms with Gasteiger partial charge in [-0.05, 0) is 35.9 Å². The number of carbonyl (C=O) groups is 2. The lowest BCUT2D eigenvalue weighted by molar-refractivity contribution is -0.146. The SMILES string of the molecule is O=C1OC/C(=C(/O)c2cn(Cc3ccc(C(F)(F)F)cc3)c3ccc(F)cc23)C1=O. The first-order chi connectivity index (χ1) is 14.1. The lowest BCUT2D eigenvalue weighted by atomic mass is 10.1. The molecule has 0 spiro atoms. The first kappa shape index (κ1) is 19.7. The van der Waals surface area contributed by atoms with Crippen LogP contribution in [-0.2, 0) is 27.0 Å². The van der Waals surface area contributed by atoms with Crippen LogP contribution < -0.4 is 0 Å². The molecule has 0 bridgehead atoms. The molecule has 1 N–H and O–H groups in total. The van der Waals surface area contributed by atoms with Crippen molar-refractivity contribution in [2.45, 2.75) is 12.7 Å². The van der Waals surface area contributed by atoms with E-state index < -0.39 is 41.7 Å². The van der Waals surface area contributed by atoms with Crippen LogP contribution in [0.15, 0.2) is 54.2 Å². The van der Waals surface area contributed by atoms with Crippen molar-refractivity contribution in [2.24, 2.45) is 0 Å². The number of hydrogen-bond acceptors (Lipinski definition) is 4. The van der Waals surface area contributed by atoms with Crippen LogP contribution in [0.25, 0.3) is 16.7 Å². The Hall–Kier alpha value is -3.62. The molecular formula is C21H13F4NO4. The maximum Gasteiger partial charge on any atom is 0.416 e. The molecule has 154 valence electrons. The van der Waals surface area contributed by atoms with Crippen molar-refractivity contribution < 1.29 is 37.0 Å². The number of esters is 1. The van der Waals surface area contributed by atoms with Crippen molar-refractivity contribution in [3.05, 3.63) is 76.7 Å². The van der Waals surface area contributed by atoms with Crippen molar-refractivity contribution in [3.8, 4) is 0 Å². The summed E-state index contributed by atoms with van der Waals surface area (Å²) in [5.41, 5.74) is 0.114. The highest BCUT2D eigenvalue weighted by Gasteiger charge is 2.33. The van der Waals surface area contributed by atoms with Crippen LogP contribution in [0.4, 0.5) is 17.6 Å². The number of halogens is 4. The third-order valence-electron chi connectivity index (χ3n) is 4.83. The van der Waals surface area contributed by atoms with Gasteiger partial charge in [0.05, 0.1) is 11.1 Å². The van der Waals surface area contributed by atoms with Gasteiger partial charge in [-0.25, -0.2) is 9.18 Å². The van der Waals surface area contributed by atoms with Gasteiger partial charge < -0.3 is 14.4 Å². The number of nitrogens with zero attached hydrogens (tertiary/aromatic N) is 1. The number of cyclic esters (lactones) is 1. The second kappa shape index (κ2) is 7.01. The predicted molar refractivity (Wildman–Crippen MR) is 98.0 cm³/mol. The van der Waals surface area contributed by atoms with Gasteiger partial charge in [-0.2, -0.15) is 13.2 Å². The molecule has 0 unspecified atom stereocenters. The fourth-order valence-corrected chi connectivity index (χ4v) is 3.32. The van der Waals surface area contributed by atoms with Crippen LogP contribution >= 0.6 is 0 Å². The maximum absolute atomic E-state index is 13.8. The molecule has 1 aliphatic rings. The first-order valence-corrected chi connectivity index (χ1v) is 8.73. The van der Waals surface area contributed by atoms with Crippen molar-refractivity contribution in [3.63, 3.8) is 0 Å². The van der Waals surface area contributed by atoms with Crippen LogP contribution in [0.5, 0.6) is 0 Å². The van der Waals surface area contributed by atoms with Crippen molar-refractivity contribution in [1.82, 2.24) is 4.57 Å². The number of aliphatic hydroxyl groups excluding tert-OH is 1. The normalized spacial score (nSPS) is 16.3. The van der Waals surface area contributed by atoms with Gasteiger partial charge >= 0.3 is 12.1 Å². The van der Waals surface area contributed by atoms with Gasteiger partial charge in [0.1, 0.15) is 18.2 Å². The largest absolute Gasteiger partial charge is 0.507 e. The molecule has 2 aromatic carbocycles. The molecule has 0 radical (unpaired) electrons. The zero-order valence-corrected chi connectivity index (χ0v) is 15.2. The number of ether oxygens (including phenoxy) is 1. The number of aliphatic hydroxyl groups is 1. The summed E-state index contributed by atoms with van der Waals surface area (Å²) in [4.78, 5) is 23.2. The van der Waals surface area contributed by atoms with Crippen molar-refractivity contribution in [2.75, 3.05) is 6.61 Å². The molecule has 0 atom stereocenters. The molecule has 1 aromatic heterocycles. The van der Waals surface area contributed by atoms with Crippen LogP contribution in [0.1, 0.15) is 16.7 Å². The fourth-order valence-electron chi connectivity index (χ4n) is 3.32. The van der Waals surface area contributed by atoms with Gasteiger partial charge in [-0.1, -0.05) is 12.1 Å². The summed E-state index contributed by atoms with van der Waals surface area (Å²) < 4.78 is 58.3. The number of aromatic nitrogens is 1. The molecule has 0 aliphatic carbocycles. The summed E-state index contributed by atoms with van der Waals surface area (Å²) in [6.45, 7) is -0.267. The van der Waals surface area contributed by atoms with Crippen LogP contribution in [0, 0.1) is 5.82 Å². The minimum absolute atomic E-state index is 0.109. The molecule has 1 saturated heterocycles. The highest BCUT2D eigenvalue weighted by Crippen LogP contribution is 2.32. The smallest absolute Gasteiger partial charge is 0.416 e. The van der Waals surface area contributed by atoms with E-state index in [0.717, 1.165) is 18.2 Å². The second-order valence-corrected chi connectivity index (χ2v) is 6.76. The molecule has 2 heterocycles. The highest BCUT2D eigenvalue weighted by atomic mass is 19.4. The van der Waals surface area contributed by atoms with Crippen LogP contribution in [0.3, 0.4) is 0 Å². The number of rotatable bonds is 3. The topological polar surface area (TPSA) is 68.5 Å². The average Bonchev–Trinajstić information content (AvgIpc) is 3.21. The van der Waals surface area contributed by atoms with E-state index in [1.165, 1.54) is 30.5 Å². The van der Waals surface area contributed by atoms with Crippen LogP contribution in [-0.4, -0.2) is 28.0 Å². The Morgan fingerprint density at radius 2 is 1.80 bits per heavy atom. The molecule has 3 aromatic rings. The summed E-state index contributed by atoms with van der Waals surface area (Å²) in [6.07, 6.45) is -3.01. The fraction of sp³-hybridized carbons (Fsp3) is 0.143. The van der Waals surface area contributed by atoms with Gasteiger partial charge in [-0.15, -0.1) is 0 Å². The number of carbonyl (C=O) groups excluding carboxylic acids is 2. The summed E-state index contributed by atoms with van der Waals surface area (Å²) in [5.74, 6) is -3.16. The summed E-state index contributed by atoms with van der Waals surface area (Å²) >= 11 is 0. The molecule has 1 aliphatic heterocycles. The Labute approximate surface area is 166 Å². The van der Waals surface area contributed by atoms with E-state index in [-0.39, 0.29) is 23.1 Å². The second-order valence-electron chi connectivity index (χ2n) is 6.76. The Morgan fingerprint density at radius 1 is 1.10 bits per heavy atom. The number of hydrogen-bond donors (Lipinski definition) is 1. The van der Waals surface area contributed by atoms with E-state index in [2.05, 4.69) is 4.74 Å². The Kier molecular flexibility index (Phi) is 4.60. The molecule has 9 heteroatoms. The zero-order valence-electron chi connectivity index (χ0n) is 15.2. The molecule has 0 saturated carbocycles. The van der Waals surface area contributed by atoms with E-state index in [0.29, 0.717) is 11.1 Å². The quantitative estimate of drug-likeness (QED) is 0.227. The minimum Gasteiger partial charge on any atom is -0.507 e. The van der Waals surface area contributed by atoms with Crippen molar-refractivity contribution >= 4 is 28.4 Å². The number of fused-ring (bicyclic) bond motifs is 1. The highest BCUT2D eigenvalue weighted by molar-refractivity contribution is 6.43.